The van der Waals surface area contributed by atoms with Gasteiger partial charge in [-0.3, -0.25) is 4.98 Å². The summed E-state index contributed by atoms with van der Waals surface area (Å²) >= 11 is 0. The van der Waals surface area contributed by atoms with Crippen molar-refractivity contribution in [2.45, 2.75) is 13.1 Å². The summed E-state index contributed by atoms with van der Waals surface area (Å²) in [4.78, 5) is 10.8. The van der Waals surface area contributed by atoms with Gasteiger partial charge in [-0.1, -0.05) is 0 Å². The molecule has 0 amide bonds. The average Bonchev–Trinajstić information content (AvgIpc) is 2.16. The molecule has 2 heterocycles. The highest BCUT2D eigenvalue weighted by Gasteiger charge is 2.35. The minimum atomic E-state index is -4.48. The van der Waals surface area contributed by atoms with E-state index in [9.17, 15) is 13.2 Å². The quantitative estimate of drug-likeness (QED) is 0.674. The van der Waals surface area contributed by atoms with Crippen molar-refractivity contribution in [1.82, 2.24) is 15.0 Å². The first-order valence-corrected chi connectivity index (χ1v) is 4.13. The van der Waals surface area contributed by atoms with Gasteiger partial charge in [0.1, 0.15) is 6.33 Å². The number of alkyl halides is 3. The molecule has 0 aliphatic heterocycles. The van der Waals surface area contributed by atoms with Crippen molar-refractivity contribution >= 4 is 10.9 Å². The Hall–Kier alpha value is -1.72. The fourth-order valence-corrected chi connectivity index (χ4v) is 1.38. The van der Waals surface area contributed by atoms with Crippen LogP contribution in [-0.4, -0.2) is 15.0 Å². The smallest absolute Gasteiger partial charge is 0.261 e. The summed E-state index contributed by atoms with van der Waals surface area (Å²) in [5.41, 5.74) is -0.400. The van der Waals surface area contributed by atoms with Crippen LogP contribution in [0.2, 0.25) is 0 Å². The van der Waals surface area contributed by atoms with Crippen LogP contribution in [0.1, 0.15) is 11.4 Å². The van der Waals surface area contributed by atoms with Gasteiger partial charge in [0.05, 0.1) is 10.9 Å². The van der Waals surface area contributed by atoms with Crippen LogP contribution in [0.15, 0.2) is 18.6 Å². The summed E-state index contributed by atoms with van der Waals surface area (Å²) in [6, 6.07) is 1.43. The molecule has 0 fully saturated rings. The molecule has 0 spiro atoms. The van der Waals surface area contributed by atoms with Crippen LogP contribution < -0.4 is 0 Å². The number of nitrogens with zero attached hydrogens (tertiary/aromatic N) is 3. The lowest BCUT2D eigenvalue weighted by molar-refractivity contribution is -0.139. The van der Waals surface area contributed by atoms with Crippen molar-refractivity contribution in [3.8, 4) is 0 Å². The van der Waals surface area contributed by atoms with Crippen molar-refractivity contribution in [3.05, 3.63) is 30.0 Å². The number of hydrogen-bond acceptors (Lipinski definition) is 3. The molecule has 0 aromatic carbocycles. The van der Waals surface area contributed by atoms with Gasteiger partial charge in [0.15, 0.2) is 5.69 Å². The van der Waals surface area contributed by atoms with E-state index in [1.165, 1.54) is 19.2 Å². The van der Waals surface area contributed by atoms with E-state index in [0.29, 0.717) is 0 Å². The highest BCUT2D eigenvalue weighted by atomic mass is 19.4. The van der Waals surface area contributed by atoms with E-state index in [-0.39, 0.29) is 16.6 Å². The number of aryl methyl sites for hydroxylation is 1. The normalized spacial score (nSPS) is 12.0. The predicted molar refractivity (Wildman–Crippen MR) is 47.1 cm³/mol. The van der Waals surface area contributed by atoms with Crippen molar-refractivity contribution < 1.29 is 13.2 Å². The average molecular weight is 213 g/mol. The number of pyridine rings is 1. The maximum absolute atomic E-state index is 12.6. The SMILES string of the molecule is Cc1nccc2ncnc(C(F)(F)F)c12. The largest absolute Gasteiger partial charge is 0.434 e. The summed E-state index contributed by atoms with van der Waals surface area (Å²) in [5.74, 6) is 0. The molecule has 2 aromatic heterocycles. The van der Waals surface area contributed by atoms with E-state index in [1.807, 2.05) is 0 Å². The van der Waals surface area contributed by atoms with Crippen molar-refractivity contribution in [2.75, 3.05) is 0 Å². The second-order valence-electron chi connectivity index (χ2n) is 3.01. The van der Waals surface area contributed by atoms with Crippen molar-refractivity contribution in [2.24, 2.45) is 0 Å². The van der Waals surface area contributed by atoms with E-state index >= 15 is 0 Å². The van der Waals surface area contributed by atoms with Crippen molar-refractivity contribution in [3.63, 3.8) is 0 Å². The molecule has 15 heavy (non-hydrogen) atoms. The standard InChI is InChI=1S/C9H6F3N3/c1-5-7-6(2-3-13-5)14-4-15-8(7)9(10,11)12/h2-4H,1H3. The molecule has 2 rings (SSSR count). The Morgan fingerprint density at radius 2 is 1.87 bits per heavy atom. The zero-order chi connectivity index (χ0) is 11.1. The molecule has 0 aliphatic carbocycles. The summed E-state index contributed by atoms with van der Waals surface area (Å²) in [5, 5.41) is -0.0347. The molecular weight excluding hydrogens is 207 g/mol. The number of halogens is 3. The Morgan fingerprint density at radius 1 is 1.13 bits per heavy atom. The molecule has 0 unspecified atom stereocenters. The van der Waals surface area contributed by atoms with E-state index in [1.54, 1.807) is 0 Å². The van der Waals surface area contributed by atoms with Gasteiger partial charge in [0, 0.05) is 11.9 Å². The lowest BCUT2D eigenvalue weighted by Gasteiger charge is -2.09. The Kier molecular flexibility index (Phi) is 2.06. The monoisotopic (exact) mass is 213 g/mol. The van der Waals surface area contributed by atoms with Gasteiger partial charge >= 0.3 is 6.18 Å². The van der Waals surface area contributed by atoms with Gasteiger partial charge in [-0.25, -0.2) is 9.97 Å². The molecule has 0 radical (unpaired) electrons. The van der Waals surface area contributed by atoms with Crippen molar-refractivity contribution in [1.29, 1.82) is 0 Å². The first-order chi connectivity index (χ1) is 7.00. The topological polar surface area (TPSA) is 38.7 Å². The molecule has 0 saturated carbocycles. The molecule has 0 saturated heterocycles. The van der Waals surface area contributed by atoms with Crippen LogP contribution in [0.4, 0.5) is 13.2 Å². The summed E-state index contributed by atoms with van der Waals surface area (Å²) < 4.78 is 37.7. The Bertz CT molecular complexity index is 502. The minimum Gasteiger partial charge on any atom is -0.261 e. The maximum atomic E-state index is 12.6. The molecular formula is C9H6F3N3. The van der Waals surface area contributed by atoms with Crippen LogP contribution >= 0.6 is 0 Å². The molecule has 0 aliphatic rings. The third-order valence-electron chi connectivity index (χ3n) is 2.01. The Labute approximate surface area is 83.0 Å². The molecule has 78 valence electrons. The van der Waals surface area contributed by atoms with Crippen LogP contribution in [-0.2, 0) is 6.18 Å². The third kappa shape index (κ3) is 1.62. The molecule has 0 bridgehead atoms. The predicted octanol–water partition coefficient (Wildman–Crippen LogP) is 2.35. The van der Waals surface area contributed by atoms with E-state index in [0.717, 1.165) is 6.33 Å². The lowest BCUT2D eigenvalue weighted by atomic mass is 10.1. The van der Waals surface area contributed by atoms with E-state index < -0.39 is 11.9 Å². The number of hydrogen-bond donors (Lipinski definition) is 0. The fourth-order valence-electron chi connectivity index (χ4n) is 1.38. The van der Waals surface area contributed by atoms with Gasteiger partial charge in [0.25, 0.3) is 0 Å². The first-order valence-electron chi connectivity index (χ1n) is 4.13. The zero-order valence-electron chi connectivity index (χ0n) is 7.71. The number of rotatable bonds is 0. The highest BCUT2D eigenvalue weighted by molar-refractivity contribution is 5.83. The summed E-state index contributed by atoms with van der Waals surface area (Å²) in [6.07, 6.45) is -2.15. The van der Waals surface area contributed by atoms with Crippen LogP contribution in [0.3, 0.4) is 0 Å². The maximum Gasteiger partial charge on any atom is 0.434 e. The van der Waals surface area contributed by atoms with Crippen LogP contribution in [0, 0.1) is 6.92 Å². The summed E-state index contributed by atoms with van der Waals surface area (Å²) in [7, 11) is 0. The first kappa shape index (κ1) is 9.82. The zero-order valence-corrected chi connectivity index (χ0v) is 7.71. The van der Waals surface area contributed by atoms with Gasteiger partial charge in [-0.15, -0.1) is 0 Å². The molecule has 0 atom stereocenters. The van der Waals surface area contributed by atoms with Gasteiger partial charge < -0.3 is 0 Å². The molecule has 3 nitrogen and oxygen atoms in total. The van der Waals surface area contributed by atoms with Gasteiger partial charge in [-0.05, 0) is 13.0 Å². The second-order valence-corrected chi connectivity index (χ2v) is 3.01. The minimum absolute atomic E-state index is 0.0347. The number of aromatic nitrogens is 3. The van der Waals surface area contributed by atoms with Crippen LogP contribution in [0.25, 0.3) is 10.9 Å². The Balaban J connectivity index is 2.86. The number of fused-ring (bicyclic) bond motifs is 1. The Morgan fingerprint density at radius 3 is 2.53 bits per heavy atom. The van der Waals surface area contributed by atoms with Crippen LogP contribution in [0.5, 0.6) is 0 Å². The highest BCUT2D eigenvalue weighted by Crippen LogP contribution is 2.32. The molecule has 2 aromatic rings. The lowest BCUT2D eigenvalue weighted by Crippen LogP contribution is -2.10. The fraction of sp³-hybridized carbons (Fsp3) is 0.222. The third-order valence-corrected chi connectivity index (χ3v) is 2.01. The van der Waals surface area contributed by atoms with Gasteiger partial charge in [-0.2, -0.15) is 13.2 Å². The summed E-state index contributed by atoms with van der Waals surface area (Å²) in [6.45, 7) is 1.50. The van der Waals surface area contributed by atoms with E-state index in [2.05, 4.69) is 15.0 Å². The molecule has 6 heteroatoms. The second kappa shape index (κ2) is 3.15. The van der Waals surface area contributed by atoms with E-state index in [4.69, 9.17) is 0 Å². The molecule has 0 N–H and O–H groups in total. The van der Waals surface area contributed by atoms with Gasteiger partial charge in [0.2, 0.25) is 0 Å².